The lowest BCUT2D eigenvalue weighted by Crippen LogP contribution is -2.28. The lowest BCUT2D eigenvalue weighted by Gasteiger charge is -2.18. The Bertz CT molecular complexity index is 211. The maximum Gasteiger partial charge on any atom is 0.0558 e. The first-order valence-corrected chi connectivity index (χ1v) is 5.65. The molecular formula is C10H17NOS. The molecule has 0 atom stereocenters. The predicted molar refractivity (Wildman–Crippen MR) is 57.2 cm³/mol. The maximum absolute atomic E-state index is 8.79. The van der Waals surface area contributed by atoms with Crippen molar-refractivity contribution in [2.24, 2.45) is 0 Å². The van der Waals surface area contributed by atoms with Crippen LogP contribution in [0.5, 0.6) is 0 Å². The summed E-state index contributed by atoms with van der Waals surface area (Å²) >= 11 is 1.74. The number of rotatable bonds is 6. The largest absolute Gasteiger partial charge is 0.395 e. The van der Waals surface area contributed by atoms with E-state index in [1.54, 1.807) is 11.3 Å². The summed E-state index contributed by atoms with van der Waals surface area (Å²) in [6, 6.07) is 2.16. The highest BCUT2D eigenvalue weighted by Gasteiger charge is 2.01. The van der Waals surface area contributed by atoms with Gasteiger partial charge in [-0.15, -0.1) is 0 Å². The molecule has 0 aromatic carbocycles. The van der Waals surface area contributed by atoms with Crippen LogP contribution < -0.4 is 0 Å². The third kappa shape index (κ3) is 3.89. The van der Waals surface area contributed by atoms with Gasteiger partial charge in [-0.3, -0.25) is 0 Å². The van der Waals surface area contributed by atoms with Crippen LogP contribution in [0.4, 0.5) is 0 Å². The first kappa shape index (κ1) is 10.7. The molecule has 1 heterocycles. The molecule has 1 aromatic heterocycles. The van der Waals surface area contributed by atoms with Gasteiger partial charge in [0.15, 0.2) is 0 Å². The van der Waals surface area contributed by atoms with Crippen LogP contribution in [-0.4, -0.2) is 36.2 Å². The molecule has 2 nitrogen and oxygen atoms in total. The lowest BCUT2D eigenvalue weighted by atomic mass is 10.2. The molecule has 0 aliphatic heterocycles. The van der Waals surface area contributed by atoms with Crippen LogP contribution in [0.25, 0.3) is 0 Å². The number of hydrogen-bond donors (Lipinski definition) is 1. The molecule has 0 fully saturated rings. The molecule has 0 saturated carbocycles. The van der Waals surface area contributed by atoms with E-state index in [2.05, 4.69) is 28.7 Å². The van der Waals surface area contributed by atoms with Gasteiger partial charge in [-0.1, -0.05) is 6.92 Å². The second-order valence-corrected chi connectivity index (χ2v) is 3.82. The normalized spacial score (nSPS) is 11.0. The monoisotopic (exact) mass is 199 g/mol. The smallest absolute Gasteiger partial charge is 0.0558 e. The van der Waals surface area contributed by atoms with Crippen molar-refractivity contribution >= 4 is 11.3 Å². The van der Waals surface area contributed by atoms with Crippen molar-refractivity contribution in [1.82, 2.24) is 4.90 Å². The second-order valence-electron chi connectivity index (χ2n) is 3.04. The first-order valence-electron chi connectivity index (χ1n) is 4.71. The van der Waals surface area contributed by atoms with Gasteiger partial charge in [-0.25, -0.2) is 0 Å². The molecule has 13 heavy (non-hydrogen) atoms. The number of likely N-dealkylation sites (N-methyl/N-ethyl adjacent to an activating group) is 1. The van der Waals surface area contributed by atoms with E-state index in [1.165, 1.54) is 5.56 Å². The van der Waals surface area contributed by atoms with Crippen LogP contribution in [-0.2, 0) is 6.42 Å². The Hall–Kier alpha value is -0.380. The third-order valence-corrected chi connectivity index (χ3v) is 2.89. The third-order valence-electron chi connectivity index (χ3n) is 2.16. The Kier molecular flexibility index (Phi) is 5.05. The Balaban J connectivity index is 2.23. The van der Waals surface area contributed by atoms with Crippen LogP contribution in [0, 0.1) is 0 Å². The summed E-state index contributed by atoms with van der Waals surface area (Å²) in [4.78, 5) is 2.26. The Morgan fingerprint density at radius 2 is 2.31 bits per heavy atom. The van der Waals surface area contributed by atoms with Crippen molar-refractivity contribution in [3.05, 3.63) is 22.4 Å². The summed E-state index contributed by atoms with van der Waals surface area (Å²) in [6.45, 7) is 5.25. The molecule has 1 N–H and O–H groups in total. The summed E-state index contributed by atoms with van der Waals surface area (Å²) in [5.41, 5.74) is 1.40. The molecular weight excluding hydrogens is 182 g/mol. The molecule has 0 aliphatic rings. The fourth-order valence-corrected chi connectivity index (χ4v) is 1.99. The van der Waals surface area contributed by atoms with Gasteiger partial charge >= 0.3 is 0 Å². The zero-order chi connectivity index (χ0) is 9.52. The summed E-state index contributed by atoms with van der Waals surface area (Å²) in [5, 5.41) is 13.1. The summed E-state index contributed by atoms with van der Waals surface area (Å²) in [6.07, 6.45) is 1.09. The van der Waals surface area contributed by atoms with Gasteiger partial charge in [0.2, 0.25) is 0 Å². The van der Waals surface area contributed by atoms with Gasteiger partial charge < -0.3 is 10.0 Å². The van der Waals surface area contributed by atoms with Gasteiger partial charge in [-0.05, 0) is 35.4 Å². The zero-order valence-corrected chi connectivity index (χ0v) is 8.89. The molecule has 1 rings (SSSR count). The Morgan fingerprint density at radius 1 is 1.46 bits per heavy atom. The molecule has 74 valence electrons. The van der Waals surface area contributed by atoms with Crippen molar-refractivity contribution in [3.63, 3.8) is 0 Å². The minimum absolute atomic E-state index is 0.261. The number of aliphatic hydroxyl groups is 1. The highest BCUT2D eigenvalue weighted by atomic mass is 32.1. The minimum atomic E-state index is 0.261. The first-order chi connectivity index (χ1) is 6.36. The topological polar surface area (TPSA) is 23.5 Å². The van der Waals surface area contributed by atoms with E-state index in [0.717, 1.165) is 26.1 Å². The van der Waals surface area contributed by atoms with Crippen LogP contribution in [0.1, 0.15) is 12.5 Å². The van der Waals surface area contributed by atoms with Crippen LogP contribution in [0.15, 0.2) is 16.8 Å². The van der Waals surface area contributed by atoms with Crippen molar-refractivity contribution < 1.29 is 5.11 Å². The quantitative estimate of drug-likeness (QED) is 0.752. The van der Waals surface area contributed by atoms with E-state index in [4.69, 9.17) is 5.11 Å². The van der Waals surface area contributed by atoms with Crippen molar-refractivity contribution in [1.29, 1.82) is 0 Å². The molecule has 0 saturated heterocycles. The number of thiophene rings is 1. The van der Waals surface area contributed by atoms with Gasteiger partial charge in [0, 0.05) is 13.1 Å². The molecule has 3 heteroatoms. The fraction of sp³-hybridized carbons (Fsp3) is 0.600. The van der Waals surface area contributed by atoms with E-state index < -0.39 is 0 Å². The number of hydrogen-bond acceptors (Lipinski definition) is 3. The predicted octanol–water partition coefficient (Wildman–Crippen LogP) is 1.60. The average molecular weight is 199 g/mol. The van der Waals surface area contributed by atoms with Gasteiger partial charge in [0.05, 0.1) is 6.61 Å². The molecule has 0 amide bonds. The number of aliphatic hydroxyl groups excluding tert-OH is 1. The van der Waals surface area contributed by atoms with Gasteiger partial charge in [-0.2, -0.15) is 11.3 Å². The van der Waals surface area contributed by atoms with Gasteiger partial charge in [0.25, 0.3) is 0 Å². The summed E-state index contributed by atoms with van der Waals surface area (Å²) in [7, 11) is 0. The Morgan fingerprint density at radius 3 is 2.85 bits per heavy atom. The lowest BCUT2D eigenvalue weighted by molar-refractivity contribution is 0.203. The van der Waals surface area contributed by atoms with Crippen LogP contribution >= 0.6 is 11.3 Å². The molecule has 0 spiro atoms. The maximum atomic E-state index is 8.79. The van der Waals surface area contributed by atoms with E-state index in [1.807, 2.05) is 0 Å². The van der Waals surface area contributed by atoms with E-state index in [9.17, 15) is 0 Å². The summed E-state index contributed by atoms with van der Waals surface area (Å²) < 4.78 is 0. The van der Waals surface area contributed by atoms with Crippen molar-refractivity contribution in [3.8, 4) is 0 Å². The van der Waals surface area contributed by atoms with Crippen molar-refractivity contribution in [2.45, 2.75) is 13.3 Å². The second kappa shape index (κ2) is 6.13. The highest BCUT2D eigenvalue weighted by Crippen LogP contribution is 2.07. The standard InChI is InChI=1S/C10H17NOS/c1-2-11(6-7-12)5-3-10-4-8-13-9-10/h4,8-9,12H,2-3,5-7H2,1H3. The van der Waals surface area contributed by atoms with Gasteiger partial charge in [0.1, 0.15) is 0 Å². The van der Waals surface area contributed by atoms with E-state index in [-0.39, 0.29) is 6.61 Å². The van der Waals surface area contributed by atoms with Crippen LogP contribution in [0.3, 0.4) is 0 Å². The molecule has 1 aromatic rings. The SMILES string of the molecule is CCN(CCO)CCc1ccsc1. The number of nitrogens with zero attached hydrogens (tertiary/aromatic N) is 1. The average Bonchev–Trinajstić information content (AvgIpc) is 2.64. The Labute approximate surface area is 83.8 Å². The molecule has 0 unspecified atom stereocenters. The summed E-state index contributed by atoms with van der Waals surface area (Å²) in [5.74, 6) is 0. The molecule has 0 radical (unpaired) electrons. The van der Waals surface area contributed by atoms with Crippen molar-refractivity contribution in [2.75, 3.05) is 26.2 Å². The van der Waals surface area contributed by atoms with E-state index in [0.29, 0.717) is 0 Å². The molecule has 0 bridgehead atoms. The zero-order valence-electron chi connectivity index (χ0n) is 8.07. The van der Waals surface area contributed by atoms with Crippen LogP contribution in [0.2, 0.25) is 0 Å². The fourth-order valence-electron chi connectivity index (χ4n) is 1.29. The highest BCUT2D eigenvalue weighted by molar-refractivity contribution is 7.07. The molecule has 0 aliphatic carbocycles. The van der Waals surface area contributed by atoms with E-state index >= 15 is 0 Å². The minimum Gasteiger partial charge on any atom is -0.395 e.